The molecule has 1 heterocycles. The number of aromatic nitrogens is 1. The molecule has 0 fully saturated rings. The van der Waals surface area contributed by atoms with Crippen molar-refractivity contribution in [2.45, 2.75) is 6.10 Å². The first-order chi connectivity index (χ1) is 9.66. The highest BCUT2D eigenvalue weighted by molar-refractivity contribution is 5.57. The number of hydrogen-bond donors (Lipinski definition) is 1. The van der Waals surface area contributed by atoms with Crippen molar-refractivity contribution in [1.29, 1.82) is 0 Å². The van der Waals surface area contributed by atoms with Crippen LogP contribution in [0.3, 0.4) is 0 Å². The molecule has 1 unspecified atom stereocenters. The number of pyridine rings is 1. The van der Waals surface area contributed by atoms with E-state index in [0.29, 0.717) is 6.54 Å². The molecule has 1 N–H and O–H groups in total. The Labute approximate surface area is 117 Å². The highest BCUT2D eigenvalue weighted by atomic mass is 16.7. The van der Waals surface area contributed by atoms with Crippen molar-refractivity contribution in [1.82, 2.24) is 4.98 Å². The molecular weight excluding hydrogens is 256 g/mol. The van der Waals surface area contributed by atoms with E-state index in [1.165, 1.54) is 0 Å². The Bertz CT molecular complexity index is 546. The van der Waals surface area contributed by atoms with Crippen LogP contribution in [0.5, 0.6) is 0 Å². The summed E-state index contributed by atoms with van der Waals surface area (Å²) in [6.07, 6.45) is -0.143. The van der Waals surface area contributed by atoms with Gasteiger partial charge in [0.05, 0.1) is 6.54 Å². The lowest BCUT2D eigenvalue weighted by Gasteiger charge is -2.24. The molecule has 2 aromatic rings. The molecule has 104 valence electrons. The van der Waals surface area contributed by atoms with Crippen molar-refractivity contribution in [2.24, 2.45) is 0 Å². The number of likely N-dealkylation sites (N-methyl/N-ethyl adjacent to an activating group) is 1. The summed E-state index contributed by atoms with van der Waals surface area (Å²) in [5.41, 5.74) is 0.817. The van der Waals surface area contributed by atoms with Crippen LogP contribution < -0.4 is 4.90 Å². The van der Waals surface area contributed by atoms with Gasteiger partial charge in [-0.15, -0.1) is 0 Å². The number of rotatable bonds is 5. The second-order valence-electron chi connectivity index (χ2n) is 4.35. The molecule has 2 rings (SSSR count). The quantitative estimate of drug-likeness (QED) is 0.848. The molecule has 0 aliphatic carbocycles. The van der Waals surface area contributed by atoms with Crippen LogP contribution in [0.25, 0.3) is 0 Å². The minimum absolute atomic E-state index is 0.396. The van der Waals surface area contributed by atoms with Crippen molar-refractivity contribution < 1.29 is 14.6 Å². The molecule has 0 radical (unpaired) electrons. The Hall–Kier alpha value is -2.56. The number of nitrogens with zero attached hydrogens (tertiary/aromatic N) is 2. The van der Waals surface area contributed by atoms with Crippen molar-refractivity contribution in [3.63, 3.8) is 0 Å². The predicted octanol–water partition coefficient (Wildman–Crippen LogP) is 2.95. The van der Waals surface area contributed by atoms with Gasteiger partial charge in [-0.1, -0.05) is 36.4 Å². The molecule has 0 saturated carbocycles. The highest BCUT2D eigenvalue weighted by Gasteiger charge is 2.18. The van der Waals surface area contributed by atoms with Crippen LogP contribution in [0.15, 0.2) is 54.7 Å². The zero-order chi connectivity index (χ0) is 14.4. The van der Waals surface area contributed by atoms with Gasteiger partial charge in [-0.3, -0.25) is 0 Å². The fourth-order valence-corrected chi connectivity index (χ4v) is 1.92. The van der Waals surface area contributed by atoms with E-state index in [2.05, 4.69) is 4.98 Å². The van der Waals surface area contributed by atoms with Crippen LogP contribution in [0.4, 0.5) is 10.6 Å². The SMILES string of the molecule is CN(CC(OC(=O)O)c1ccccc1)c1ccccn1. The Morgan fingerprint density at radius 2 is 1.95 bits per heavy atom. The number of carbonyl (C=O) groups is 1. The molecule has 0 spiro atoms. The van der Waals surface area contributed by atoms with E-state index in [9.17, 15) is 4.79 Å². The van der Waals surface area contributed by atoms with Gasteiger partial charge in [0.1, 0.15) is 11.9 Å². The fraction of sp³-hybridized carbons (Fsp3) is 0.200. The molecule has 5 nitrogen and oxygen atoms in total. The second kappa shape index (κ2) is 6.56. The highest BCUT2D eigenvalue weighted by Crippen LogP contribution is 2.20. The summed E-state index contributed by atoms with van der Waals surface area (Å²) in [6.45, 7) is 0.396. The summed E-state index contributed by atoms with van der Waals surface area (Å²) in [7, 11) is 1.85. The van der Waals surface area contributed by atoms with Gasteiger partial charge in [-0.2, -0.15) is 0 Å². The first-order valence-corrected chi connectivity index (χ1v) is 6.23. The van der Waals surface area contributed by atoms with Gasteiger partial charge in [-0.25, -0.2) is 9.78 Å². The summed E-state index contributed by atoms with van der Waals surface area (Å²) in [4.78, 5) is 16.9. The third kappa shape index (κ3) is 3.71. The zero-order valence-corrected chi connectivity index (χ0v) is 11.1. The average molecular weight is 272 g/mol. The summed E-state index contributed by atoms with van der Waals surface area (Å²) in [5, 5.41) is 8.87. The summed E-state index contributed by atoms with van der Waals surface area (Å²) in [5.74, 6) is 0.766. The van der Waals surface area contributed by atoms with Gasteiger partial charge < -0.3 is 14.7 Å². The van der Waals surface area contributed by atoms with Gasteiger partial charge in [0.25, 0.3) is 0 Å². The van der Waals surface area contributed by atoms with Crippen LogP contribution >= 0.6 is 0 Å². The molecule has 0 aliphatic heterocycles. The van der Waals surface area contributed by atoms with Crippen molar-refractivity contribution in [2.75, 3.05) is 18.5 Å². The van der Waals surface area contributed by atoms with Crippen molar-refractivity contribution in [3.05, 3.63) is 60.3 Å². The molecular formula is C15H16N2O3. The van der Waals surface area contributed by atoms with Crippen molar-refractivity contribution in [3.8, 4) is 0 Å². The fourth-order valence-electron chi connectivity index (χ4n) is 1.92. The minimum Gasteiger partial charge on any atom is -0.450 e. The number of ether oxygens (including phenoxy) is 1. The van der Waals surface area contributed by atoms with E-state index >= 15 is 0 Å². The second-order valence-corrected chi connectivity index (χ2v) is 4.35. The van der Waals surface area contributed by atoms with E-state index in [-0.39, 0.29) is 0 Å². The van der Waals surface area contributed by atoms with Crippen LogP contribution in [0.1, 0.15) is 11.7 Å². The molecule has 1 atom stereocenters. The van der Waals surface area contributed by atoms with Gasteiger partial charge in [0.15, 0.2) is 0 Å². The monoisotopic (exact) mass is 272 g/mol. The minimum atomic E-state index is -1.28. The maximum Gasteiger partial charge on any atom is 0.506 e. The van der Waals surface area contributed by atoms with Crippen LogP contribution in [0.2, 0.25) is 0 Å². The molecule has 0 amide bonds. The lowest BCUT2D eigenvalue weighted by molar-refractivity contribution is 0.0542. The first-order valence-electron chi connectivity index (χ1n) is 6.23. The third-order valence-corrected chi connectivity index (χ3v) is 2.89. The molecule has 1 aromatic carbocycles. The average Bonchev–Trinajstić information content (AvgIpc) is 2.48. The standard InChI is InChI=1S/C15H16N2O3/c1-17(14-9-5-6-10-16-14)11-13(20-15(18)19)12-7-3-2-4-8-12/h2-10,13H,11H2,1H3,(H,18,19). The van der Waals surface area contributed by atoms with Gasteiger partial charge in [0.2, 0.25) is 0 Å². The maximum atomic E-state index is 10.8. The molecule has 5 heteroatoms. The summed E-state index contributed by atoms with van der Waals surface area (Å²) in [6, 6.07) is 14.9. The largest absolute Gasteiger partial charge is 0.506 e. The third-order valence-electron chi connectivity index (χ3n) is 2.89. The number of hydrogen-bond acceptors (Lipinski definition) is 4. The lowest BCUT2D eigenvalue weighted by Crippen LogP contribution is -2.27. The molecule has 0 bridgehead atoms. The van der Waals surface area contributed by atoms with Crippen LogP contribution in [-0.4, -0.2) is 29.8 Å². The Morgan fingerprint density at radius 3 is 2.55 bits per heavy atom. The van der Waals surface area contributed by atoms with Crippen LogP contribution in [0, 0.1) is 0 Å². The van der Waals surface area contributed by atoms with Crippen molar-refractivity contribution >= 4 is 12.0 Å². The Balaban J connectivity index is 2.14. The number of anilines is 1. The summed E-state index contributed by atoms with van der Waals surface area (Å²) < 4.78 is 4.98. The topological polar surface area (TPSA) is 62.7 Å². The predicted molar refractivity (Wildman–Crippen MR) is 75.8 cm³/mol. The van der Waals surface area contributed by atoms with E-state index in [0.717, 1.165) is 11.4 Å². The molecule has 0 saturated heterocycles. The van der Waals surface area contributed by atoms with E-state index in [4.69, 9.17) is 9.84 Å². The Kier molecular flexibility index (Phi) is 4.55. The van der Waals surface area contributed by atoms with Gasteiger partial charge in [-0.05, 0) is 17.7 Å². The van der Waals surface area contributed by atoms with E-state index < -0.39 is 12.3 Å². The zero-order valence-electron chi connectivity index (χ0n) is 11.1. The first kappa shape index (κ1) is 13.9. The van der Waals surface area contributed by atoms with E-state index in [1.54, 1.807) is 6.20 Å². The molecule has 20 heavy (non-hydrogen) atoms. The Morgan fingerprint density at radius 1 is 1.25 bits per heavy atom. The normalized spacial score (nSPS) is 11.7. The lowest BCUT2D eigenvalue weighted by atomic mass is 10.1. The number of benzene rings is 1. The number of carboxylic acid groups (broad SMARTS) is 1. The van der Waals surface area contributed by atoms with E-state index in [1.807, 2.05) is 60.5 Å². The van der Waals surface area contributed by atoms with Crippen LogP contribution in [-0.2, 0) is 4.74 Å². The molecule has 1 aromatic heterocycles. The summed E-state index contributed by atoms with van der Waals surface area (Å²) >= 11 is 0. The maximum absolute atomic E-state index is 10.8. The molecule has 0 aliphatic rings. The van der Waals surface area contributed by atoms with Gasteiger partial charge in [0, 0.05) is 13.2 Å². The smallest absolute Gasteiger partial charge is 0.450 e. The van der Waals surface area contributed by atoms with Gasteiger partial charge >= 0.3 is 6.16 Å².